The van der Waals surface area contributed by atoms with Crippen molar-refractivity contribution in [2.45, 2.75) is 58.3 Å². The first kappa shape index (κ1) is 34.4. The second kappa shape index (κ2) is 16.7. The lowest BCUT2D eigenvalue weighted by Gasteiger charge is -2.35. The van der Waals surface area contributed by atoms with Crippen LogP contribution in [0.2, 0.25) is 0 Å². The summed E-state index contributed by atoms with van der Waals surface area (Å²) in [5.41, 5.74) is 1.84. The van der Waals surface area contributed by atoms with Gasteiger partial charge in [-0.1, -0.05) is 25.1 Å². The van der Waals surface area contributed by atoms with Crippen molar-refractivity contribution in [1.82, 2.24) is 14.8 Å². The molecular weight excluding hydrogens is 586 g/mol. The van der Waals surface area contributed by atoms with Gasteiger partial charge < -0.3 is 35.0 Å². The quantitative estimate of drug-likeness (QED) is 0.323. The van der Waals surface area contributed by atoms with Crippen LogP contribution in [-0.4, -0.2) is 89.3 Å². The number of aliphatic hydroxyl groups excluding tert-OH is 1. The number of ether oxygens (including phenoxy) is 2. The number of aromatic nitrogens is 1. The van der Waals surface area contributed by atoms with E-state index in [0.717, 1.165) is 19.3 Å². The standard InChI is InChI=1S/C35H45N5O6/c1-24-21-40(25(2)23-41)34(43)30-20-29(37-33(42)27-15-17-36-18-16-27)13-14-31(30)46-26(3)10-8-9-19-45-32(24)22-39(4)35(44)38-28-11-6-5-7-12-28/h5-7,11-18,20,24-26,32,41H,8-10,19,21-23H2,1-4H3,(H,37,42)(H,38,44)/t24-,25+,26-,32+/m0/s1. The molecule has 0 unspecified atom stereocenters. The number of anilines is 2. The molecule has 11 nitrogen and oxygen atoms in total. The van der Waals surface area contributed by atoms with Crippen molar-refractivity contribution in [2.24, 2.45) is 5.92 Å². The van der Waals surface area contributed by atoms with Crippen LogP contribution >= 0.6 is 0 Å². The van der Waals surface area contributed by atoms with Gasteiger partial charge in [0.25, 0.3) is 11.8 Å². The lowest BCUT2D eigenvalue weighted by Crippen LogP contribution is -2.48. The summed E-state index contributed by atoms with van der Waals surface area (Å²) in [6.07, 6.45) is 4.91. The van der Waals surface area contributed by atoms with Crippen LogP contribution in [0, 0.1) is 5.92 Å². The fraction of sp³-hybridized carbons (Fsp3) is 0.429. The maximum Gasteiger partial charge on any atom is 0.321 e. The summed E-state index contributed by atoms with van der Waals surface area (Å²) in [4.78, 5) is 47.4. The van der Waals surface area contributed by atoms with E-state index in [-0.39, 0.29) is 54.7 Å². The number of hydrogen-bond donors (Lipinski definition) is 3. The van der Waals surface area contributed by atoms with Gasteiger partial charge in [0, 0.05) is 62.0 Å². The topological polar surface area (TPSA) is 133 Å². The van der Waals surface area contributed by atoms with Crippen molar-refractivity contribution in [3.05, 3.63) is 84.2 Å². The smallest absolute Gasteiger partial charge is 0.321 e. The summed E-state index contributed by atoms with van der Waals surface area (Å²) in [5.74, 6) is -0.476. The van der Waals surface area contributed by atoms with Gasteiger partial charge in [-0.3, -0.25) is 14.6 Å². The SMILES string of the molecule is C[C@H](CO)N1C[C@H](C)[C@@H](CN(C)C(=O)Nc2ccccc2)OCCCC[C@H](C)Oc2ccc(NC(=O)c3ccncc3)cc2C1=O. The number of carbonyl (C=O) groups excluding carboxylic acids is 3. The zero-order chi connectivity index (χ0) is 33.1. The highest BCUT2D eigenvalue weighted by Gasteiger charge is 2.31. The Hall–Kier alpha value is -4.48. The van der Waals surface area contributed by atoms with Crippen LogP contribution in [0.5, 0.6) is 5.75 Å². The van der Waals surface area contributed by atoms with E-state index in [4.69, 9.17) is 9.47 Å². The number of hydrogen-bond acceptors (Lipinski definition) is 7. The van der Waals surface area contributed by atoms with Gasteiger partial charge in [-0.2, -0.15) is 0 Å². The molecule has 1 aliphatic heterocycles. The number of para-hydroxylation sites is 1. The zero-order valence-corrected chi connectivity index (χ0v) is 27.0. The van der Waals surface area contributed by atoms with Gasteiger partial charge in [-0.25, -0.2) is 4.79 Å². The van der Waals surface area contributed by atoms with Crippen LogP contribution in [0.25, 0.3) is 0 Å². The van der Waals surface area contributed by atoms with E-state index in [9.17, 15) is 19.5 Å². The average molecular weight is 632 g/mol. The van der Waals surface area contributed by atoms with Crippen LogP contribution < -0.4 is 15.4 Å². The number of amides is 4. The summed E-state index contributed by atoms with van der Waals surface area (Å²) in [7, 11) is 1.72. The molecule has 0 saturated carbocycles. The van der Waals surface area contributed by atoms with Gasteiger partial charge in [0.1, 0.15) is 5.75 Å². The van der Waals surface area contributed by atoms with E-state index >= 15 is 0 Å². The minimum atomic E-state index is -0.525. The predicted octanol–water partition coefficient (Wildman–Crippen LogP) is 5.29. The number of urea groups is 1. The number of fused-ring (bicyclic) bond motifs is 1. The normalized spacial score (nSPS) is 20.0. The average Bonchev–Trinajstić information content (AvgIpc) is 3.06. The molecule has 11 heteroatoms. The first-order valence-corrected chi connectivity index (χ1v) is 15.8. The third-order valence-electron chi connectivity index (χ3n) is 8.08. The highest BCUT2D eigenvalue weighted by Crippen LogP contribution is 2.29. The van der Waals surface area contributed by atoms with Crippen molar-refractivity contribution in [3.8, 4) is 5.75 Å². The largest absolute Gasteiger partial charge is 0.490 e. The summed E-state index contributed by atoms with van der Waals surface area (Å²) >= 11 is 0. The molecule has 0 saturated heterocycles. The van der Waals surface area contributed by atoms with Gasteiger partial charge in [-0.15, -0.1) is 0 Å². The predicted molar refractivity (Wildman–Crippen MR) is 177 cm³/mol. The molecule has 4 amide bonds. The van der Waals surface area contributed by atoms with Gasteiger partial charge in [0.05, 0.1) is 30.4 Å². The fourth-order valence-electron chi connectivity index (χ4n) is 5.26. The lowest BCUT2D eigenvalue weighted by molar-refractivity contribution is -0.0115. The number of rotatable bonds is 7. The Balaban J connectivity index is 1.60. The molecule has 0 aliphatic carbocycles. The number of aliphatic hydroxyl groups is 1. The molecule has 3 aromatic rings. The minimum absolute atomic E-state index is 0.182. The summed E-state index contributed by atoms with van der Waals surface area (Å²) in [6, 6.07) is 16.7. The molecule has 2 aromatic carbocycles. The number of nitrogens with one attached hydrogen (secondary N) is 2. The molecule has 2 heterocycles. The molecular formula is C35H45N5O6. The molecule has 46 heavy (non-hydrogen) atoms. The van der Waals surface area contributed by atoms with Crippen LogP contribution in [0.3, 0.4) is 0 Å². The fourth-order valence-corrected chi connectivity index (χ4v) is 5.26. The van der Waals surface area contributed by atoms with Crippen molar-refractivity contribution < 1.29 is 29.0 Å². The number of nitrogens with zero attached hydrogens (tertiary/aromatic N) is 3. The number of likely N-dealkylation sites (N-methyl/N-ethyl adjacent to an activating group) is 1. The van der Waals surface area contributed by atoms with Crippen molar-refractivity contribution in [2.75, 3.05) is 44.0 Å². The summed E-state index contributed by atoms with van der Waals surface area (Å²) in [5, 5.41) is 16.0. The molecule has 4 rings (SSSR count). The molecule has 1 aliphatic rings. The highest BCUT2D eigenvalue weighted by atomic mass is 16.5. The Morgan fingerprint density at radius 2 is 1.78 bits per heavy atom. The molecule has 1 aromatic heterocycles. The summed E-state index contributed by atoms with van der Waals surface area (Å²) < 4.78 is 12.6. The third kappa shape index (κ3) is 9.51. The molecule has 0 spiro atoms. The minimum Gasteiger partial charge on any atom is -0.490 e. The van der Waals surface area contributed by atoms with E-state index in [1.54, 1.807) is 54.1 Å². The molecule has 246 valence electrons. The van der Waals surface area contributed by atoms with Gasteiger partial charge in [-0.05, 0) is 75.6 Å². The van der Waals surface area contributed by atoms with Crippen LogP contribution in [0.4, 0.5) is 16.2 Å². The highest BCUT2D eigenvalue weighted by molar-refractivity contribution is 6.05. The number of pyridine rings is 1. The Labute approximate surface area is 270 Å². The van der Waals surface area contributed by atoms with Gasteiger partial charge in [0.15, 0.2) is 0 Å². The van der Waals surface area contributed by atoms with Crippen LogP contribution in [0.15, 0.2) is 73.1 Å². The lowest BCUT2D eigenvalue weighted by atomic mass is 10.0. The van der Waals surface area contributed by atoms with Crippen molar-refractivity contribution >= 4 is 29.2 Å². The van der Waals surface area contributed by atoms with E-state index in [1.165, 1.54) is 12.4 Å². The Kier molecular flexibility index (Phi) is 12.5. The molecule has 4 atom stereocenters. The molecule has 0 fully saturated rings. The van der Waals surface area contributed by atoms with Crippen LogP contribution in [-0.2, 0) is 4.74 Å². The van der Waals surface area contributed by atoms with E-state index in [1.807, 2.05) is 44.2 Å². The number of carbonyl (C=O) groups is 3. The van der Waals surface area contributed by atoms with Crippen molar-refractivity contribution in [3.63, 3.8) is 0 Å². The second-order valence-corrected chi connectivity index (χ2v) is 11.9. The number of benzene rings is 2. The molecule has 3 N–H and O–H groups in total. The van der Waals surface area contributed by atoms with E-state index in [2.05, 4.69) is 15.6 Å². The molecule has 0 radical (unpaired) electrons. The van der Waals surface area contributed by atoms with Gasteiger partial charge >= 0.3 is 6.03 Å². The zero-order valence-electron chi connectivity index (χ0n) is 27.0. The van der Waals surface area contributed by atoms with Gasteiger partial charge in [0.2, 0.25) is 0 Å². The summed E-state index contributed by atoms with van der Waals surface area (Å²) in [6.45, 7) is 6.51. The maximum absolute atomic E-state index is 14.3. The Bertz CT molecular complexity index is 1440. The first-order chi connectivity index (χ1) is 22.2. The van der Waals surface area contributed by atoms with E-state index < -0.39 is 6.04 Å². The Morgan fingerprint density at radius 1 is 1.04 bits per heavy atom. The third-order valence-corrected chi connectivity index (χ3v) is 8.08. The monoisotopic (exact) mass is 631 g/mol. The Morgan fingerprint density at radius 3 is 2.50 bits per heavy atom. The molecule has 0 bridgehead atoms. The van der Waals surface area contributed by atoms with Crippen LogP contribution in [0.1, 0.15) is 60.7 Å². The maximum atomic E-state index is 14.3. The first-order valence-electron chi connectivity index (χ1n) is 15.8. The van der Waals surface area contributed by atoms with Crippen molar-refractivity contribution in [1.29, 1.82) is 0 Å². The second-order valence-electron chi connectivity index (χ2n) is 11.9. The van der Waals surface area contributed by atoms with E-state index in [0.29, 0.717) is 35.8 Å².